The Morgan fingerprint density at radius 3 is 2.58 bits per heavy atom. The van der Waals surface area contributed by atoms with Crippen LogP contribution in [-0.4, -0.2) is 82.4 Å². The van der Waals surface area contributed by atoms with Gasteiger partial charge in [0.05, 0.1) is 54.6 Å². The number of amides is 1. The Kier molecular flexibility index (Phi) is 7.57. The topological polar surface area (TPSA) is 97.1 Å². The summed E-state index contributed by atoms with van der Waals surface area (Å²) in [5.41, 5.74) is 2.66. The van der Waals surface area contributed by atoms with Crippen molar-refractivity contribution >= 4 is 17.4 Å². The van der Waals surface area contributed by atoms with Crippen LogP contribution in [0.15, 0.2) is 66.4 Å². The van der Waals surface area contributed by atoms with Crippen LogP contribution in [-0.2, 0) is 14.3 Å². The first-order valence-corrected chi connectivity index (χ1v) is 12.9. The highest BCUT2D eigenvalue weighted by Crippen LogP contribution is 2.40. The maximum Gasteiger partial charge on any atom is 0.295 e. The molecule has 0 bridgehead atoms. The van der Waals surface area contributed by atoms with Gasteiger partial charge in [0, 0.05) is 26.2 Å². The molecule has 0 radical (unpaired) electrons. The maximum absolute atomic E-state index is 13.5. The van der Waals surface area contributed by atoms with Crippen molar-refractivity contribution in [3.05, 3.63) is 83.2 Å². The van der Waals surface area contributed by atoms with E-state index in [-0.39, 0.29) is 11.3 Å². The van der Waals surface area contributed by atoms with E-state index in [4.69, 9.17) is 9.47 Å². The molecule has 2 aliphatic heterocycles. The van der Waals surface area contributed by atoms with Crippen LogP contribution in [0, 0.1) is 6.92 Å². The molecule has 2 saturated heterocycles. The van der Waals surface area contributed by atoms with Crippen molar-refractivity contribution in [2.45, 2.75) is 19.9 Å². The number of ether oxygens (including phenoxy) is 2. The summed E-state index contributed by atoms with van der Waals surface area (Å²) in [5.74, 6) is -0.927. The van der Waals surface area contributed by atoms with Gasteiger partial charge in [0.15, 0.2) is 0 Å². The molecule has 3 heterocycles. The lowest BCUT2D eigenvalue weighted by Gasteiger charge is -2.31. The third-order valence-corrected chi connectivity index (χ3v) is 7.05. The Bertz CT molecular complexity index is 1340. The number of carbonyl (C=O) groups excluding carboxylic acids is 2. The quantitative estimate of drug-likeness (QED) is 0.279. The van der Waals surface area contributed by atoms with Gasteiger partial charge in [0.1, 0.15) is 11.5 Å². The number of ketones is 1. The number of carbonyl (C=O) groups is 2. The van der Waals surface area contributed by atoms with Crippen LogP contribution in [0.2, 0.25) is 0 Å². The van der Waals surface area contributed by atoms with Crippen LogP contribution in [0.1, 0.15) is 29.8 Å². The summed E-state index contributed by atoms with van der Waals surface area (Å²) in [5, 5.41) is 16.0. The Morgan fingerprint density at radius 2 is 1.84 bits per heavy atom. The van der Waals surface area contributed by atoms with Gasteiger partial charge in [-0.25, -0.2) is 4.68 Å². The number of Topliss-reactive ketones (excluding diaryl/α,β-unsaturated/α-hetero) is 1. The number of likely N-dealkylation sites (tertiary alicyclic amines) is 1. The van der Waals surface area contributed by atoms with Gasteiger partial charge in [-0.3, -0.25) is 14.5 Å². The molecule has 1 unspecified atom stereocenters. The molecule has 1 amide bonds. The standard InChI is InChI=1S/C29H32N4O5/c1-3-38-23-11-7-8-21(18-23)26-25(28(35)29(36)32(26)13-12-31-14-16-37-17-15-31)27(34)24-19-30-33(20(24)2)22-9-5-4-6-10-22/h4-11,18-19,26,34H,3,12-17H2,1-2H3/b27-25+. The highest BCUT2D eigenvalue weighted by molar-refractivity contribution is 6.46. The van der Waals surface area contributed by atoms with Crippen molar-refractivity contribution in [2.24, 2.45) is 0 Å². The van der Waals surface area contributed by atoms with Gasteiger partial charge in [0.2, 0.25) is 0 Å². The molecular formula is C29H32N4O5. The van der Waals surface area contributed by atoms with Gasteiger partial charge in [-0.2, -0.15) is 5.10 Å². The summed E-state index contributed by atoms with van der Waals surface area (Å²) in [6.07, 6.45) is 1.53. The molecule has 0 aliphatic carbocycles. The number of hydrogen-bond donors (Lipinski definition) is 1. The second-order valence-electron chi connectivity index (χ2n) is 9.34. The number of hydrogen-bond acceptors (Lipinski definition) is 7. The van der Waals surface area contributed by atoms with Crippen molar-refractivity contribution < 1.29 is 24.2 Å². The zero-order valence-corrected chi connectivity index (χ0v) is 21.7. The van der Waals surface area contributed by atoms with Gasteiger partial charge in [-0.15, -0.1) is 0 Å². The zero-order valence-electron chi connectivity index (χ0n) is 21.7. The first kappa shape index (κ1) is 25.7. The predicted octanol–water partition coefficient (Wildman–Crippen LogP) is 3.33. The maximum atomic E-state index is 13.5. The Morgan fingerprint density at radius 1 is 1.08 bits per heavy atom. The van der Waals surface area contributed by atoms with E-state index in [1.165, 1.54) is 6.20 Å². The molecule has 1 atom stereocenters. The van der Waals surface area contributed by atoms with E-state index in [1.807, 2.05) is 68.4 Å². The lowest BCUT2D eigenvalue weighted by Crippen LogP contribution is -2.42. The van der Waals surface area contributed by atoms with E-state index >= 15 is 0 Å². The normalized spacial score (nSPS) is 19.7. The van der Waals surface area contributed by atoms with Crippen molar-refractivity contribution in [1.82, 2.24) is 19.6 Å². The number of benzene rings is 2. The molecule has 9 nitrogen and oxygen atoms in total. The van der Waals surface area contributed by atoms with Gasteiger partial charge >= 0.3 is 0 Å². The van der Waals surface area contributed by atoms with Gasteiger partial charge in [-0.1, -0.05) is 30.3 Å². The Balaban J connectivity index is 1.57. The number of nitrogens with zero attached hydrogens (tertiary/aromatic N) is 4. The molecule has 9 heteroatoms. The number of morpholine rings is 1. The first-order valence-electron chi connectivity index (χ1n) is 12.9. The Labute approximate surface area is 221 Å². The number of aliphatic hydroxyl groups excluding tert-OH is 1. The zero-order chi connectivity index (χ0) is 26.6. The van der Waals surface area contributed by atoms with E-state index in [0.29, 0.717) is 55.5 Å². The number of para-hydroxylation sites is 1. The molecule has 1 N–H and O–H groups in total. The minimum atomic E-state index is -0.754. The molecule has 38 heavy (non-hydrogen) atoms. The summed E-state index contributed by atoms with van der Waals surface area (Å²) < 4.78 is 12.8. The fraction of sp³-hybridized carbons (Fsp3) is 0.345. The fourth-order valence-corrected chi connectivity index (χ4v) is 5.09. The fourth-order valence-electron chi connectivity index (χ4n) is 5.09. The lowest BCUT2D eigenvalue weighted by atomic mass is 9.95. The molecular weight excluding hydrogens is 484 g/mol. The second kappa shape index (κ2) is 11.2. The monoisotopic (exact) mass is 516 g/mol. The van der Waals surface area contributed by atoms with E-state index in [0.717, 1.165) is 18.8 Å². The van der Waals surface area contributed by atoms with Crippen LogP contribution in [0.5, 0.6) is 5.75 Å². The molecule has 0 saturated carbocycles. The first-order chi connectivity index (χ1) is 18.5. The van der Waals surface area contributed by atoms with Crippen LogP contribution < -0.4 is 4.74 Å². The van der Waals surface area contributed by atoms with Crippen molar-refractivity contribution in [3.63, 3.8) is 0 Å². The third-order valence-electron chi connectivity index (χ3n) is 7.05. The molecule has 3 aromatic rings. The van der Waals surface area contributed by atoms with Crippen LogP contribution in [0.4, 0.5) is 0 Å². The van der Waals surface area contributed by atoms with E-state index in [1.54, 1.807) is 9.58 Å². The van der Waals surface area contributed by atoms with E-state index in [9.17, 15) is 14.7 Å². The highest BCUT2D eigenvalue weighted by Gasteiger charge is 2.46. The van der Waals surface area contributed by atoms with Crippen LogP contribution in [0.3, 0.4) is 0 Å². The summed E-state index contributed by atoms with van der Waals surface area (Å²) in [6.45, 7) is 7.97. The molecule has 198 valence electrons. The Hall–Kier alpha value is -3.95. The SMILES string of the molecule is CCOc1cccc(C2/C(=C(\O)c3cnn(-c4ccccc4)c3C)C(=O)C(=O)N2CCN2CCOCC2)c1. The summed E-state index contributed by atoms with van der Waals surface area (Å²) >= 11 is 0. The number of aliphatic hydroxyl groups is 1. The molecule has 0 spiro atoms. The van der Waals surface area contributed by atoms with Crippen molar-refractivity contribution in [3.8, 4) is 11.4 Å². The summed E-state index contributed by atoms with van der Waals surface area (Å²) in [6, 6.07) is 16.1. The predicted molar refractivity (Wildman–Crippen MR) is 142 cm³/mol. The number of aromatic nitrogens is 2. The van der Waals surface area contributed by atoms with Gasteiger partial charge in [-0.05, 0) is 43.7 Å². The lowest BCUT2D eigenvalue weighted by molar-refractivity contribution is -0.140. The second-order valence-corrected chi connectivity index (χ2v) is 9.34. The molecule has 2 fully saturated rings. The van der Waals surface area contributed by atoms with E-state index in [2.05, 4.69) is 10.00 Å². The average Bonchev–Trinajstić information content (AvgIpc) is 3.45. The van der Waals surface area contributed by atoms with Gasteiger partial charge < -0.3 is 19.5 Å². The minimum Gasteiger partial charge on any atom is -0.507 e. The average molecular weight is 517 g/mol. The van der Waals surface area contributed by atoms with Gasteiger partial charge in [0.25, 0.3) is 11.7 Å². The molecule has 2 aromatic carbocycles. The molecule has 1 aromatic heterocycles. The van der Waals surface area contributed by atoms with Crippen molar-refractivity contribution in [1.29, 1.82) is 0 Å². The largest absolute Gasteiger partial charge is 0.507 e. The molecule has 2 aliphatic rings. The third kappa shape index (κ3) is 4.94. The smallest absolute Gasteiger partial charge is 0.295 e. The van der Waals surface area contributed by atoms with Crippen molar-refractivity contribution in [2.75, 3.05) is 46.0 Å². The van der Waals surface area contributed by atoms with E-state index < -0.39 is 17.7 Å². The number of rotatable bonds is 8. The summed E-state index contributed by atoms with van der Waals surface area (Å²) in [7, 11) is 0. The molecule has 5 rings (SSSR count). The minimum absolute atomic E-state index is 0.0568. The summed E-state index contributed by atoms with van der Waals surface area (Å²) in [4.78, 5) is 30.6. The van der Waals surface area contributed by atoms with Crippen LogP contribution in [0.25, 0.3) is 11.4 Å². The van der Waals surface area contributed by atoms with Crippen LogP contribution >= 0.6 is 0 Å². The highest BCUT2D eigenvalue weighted by atomic mass is 16.5.